The second-order valence-corrected chi connectivity index (χ2v) is 7.99. The predicted molar refractivity (Wildman–Crippen MR) is 87.4 cm³/mol. The lowest BCUT2D eigenvalue weighted by atomic mass is 10.2. The van der Waals surface area contributed by atoms with Crippen molar-refractivity contribution in [1.29, 1.82) is 0 Å². The Morgan fingerprint density at radius 3 is 3.00 bits per heavy atom. The molecule has 24 heavy (non-hydrogen) atoms. The fourth-order valence-corrected chi connectivity index (χ4v) is 4.71. The van der Waals surface area contributed by atoms with Gasteiger partial charge in [-0.1, -0.05) is 6.07 Å². The molecule has 2 fully saturated rings. The van der Waals surface area contributed by atoms with Crippen LogP contribution in [-0.2, 0) is 14.8 Å². The fourth-order valence-electron chi connectivity index (χ4n) is 3.38. The highest BCUT2D eigenvalue weighted by atomic mass is 32.2. The summed E-state index contributed by atoms with van der Waals surface area (Å²) in [7, 11) is -3.82. The first kappa shape index (κ1) is 17.3. The van der Waals surface area contributed by atoms with Gasteiger partial charge in [-0.25, -0.2) is 13.1 Å². The van der Waals surface area contributed by atoms with E-state index in [0.717, 1.165) is 19.4 Å². The maximum absolute atomic E-state index is 12.5. The van der Waals surface area contributed by atoms with E-state index in [4.69, 9.17) is 4.74 Å². The van der Waals surface area contributed by atoms with Crippen LogP contribution in [0.2, 0.25) is 0 Å². The molecule has 132 valence electrons. The van der Waals surface area contributed by atoms with Gasteiger partial charge in [-0.15, -0.1) is 0 Å². The van der Waals surface area contributed by atoms with E-state index in [1.165, 1.54) is 25.1 Å². The number of morpholine rings is 1. The lowest BCUT2D eigenvalue weighted by molar-refractivity contribution is -0.385. The minimum atomic E-state index is -3.82. The zero-order chi connectivity index (χ0) is 17.3. The largest absolute Gasteiger partial charge is 0.374 e. The third kappa shape index (κ3) is 3.44. The van der Waals surface area contributed by atoms with Crippen molar-refractivity contribution in [3.8, 4) is 0 Å². The Labute approximate surface area is 141 Å². The van der Waals surface area contributed by atoms with Crippen LogP contribution < -0.4 is 4.72 Å². The summed E-state index contributed by atoms with van der Waals surface area (Å²) in [5.41, 5.74) is -0.0640. The van der Waals surface area contributed by atoms with Gasteiger partial charge in [0.2, 0.25) is 10.0 Å². The average Bonchev–Trinajstić information content (AvgIpc) is 3.00. The number of nitro groups is 1. The van der Waals surface area contributed by atoms with E-state index in [-0.39, 0.29) is 28.8 Å². The summed E-state index contributed by atoms with van der Waals surface area (Å²) in [6.45, 7) is 3.97. The molecule has 1 aromatic carbocycles. The highest BCUT2D eigenvalue weighted by molar-refractivity contribution is 7.89. The van der Waals surface area contributed by atoms with E-state index in [1.807, 2.05) is 0 Å². The zero-order valence-electron chi connectivity index (χ0n) is 13.5. The Balaban J connectivity index is 1.68. The van der Waals surface area contributed by atoms with Crippen molar-refractivity contribution in [3.05, 3.63) is 33.9 Å². The van der Waals surface area contributed by atoms with Crippen LogP contribution in [-0.4, -0.2) is 56.6 Å². The number of hydrogen-bond donors (Lipinski definition) is 1. The van der Waals surface area contributed by atoms with E-state index in [0.29, 0.717) is 19.2 Å². The van der Waals surface area contributed by atoms with Crippen LogP contribution in [0.5, 0.6) is 0 Å². The zero-order valence-corrected chi connectivity index (χ0v) is 14.3. The van der Waals surface area contributed by atoms with E-state index in [1.54, 1.807) is 0 Å². The quantitative estimate of drug-likeness (QED) is 0.626. The summed E-state index contributed by atoms with van der Waals surface area (Å²) in [5, 5.41) is 11.0. The highest BCUT2D eigenvalue weighted by Gasteiger charge is 2.33. The molecule has 0 amide bonds. The standard InChI is InChI=1S/C15H21N3O5S/c1-11-14(18(19)20)5-2-6-15(11)24(21,22)16-8-13-9-17-7-3-4-12(17)10-23-13/h2,5-6,12-13,16H,3-4,7-10H2,1H3. The molecule has 1 aromatic rings. The van der Waals surface area contributed by atoms with Crippen molar-refractivity contribution in [1.82, 2.24) is 9.62 Å². The SMILES string of the molecule is Cc1c([N+](=O)[O-])cccc1S(=O)(=O)NCC1CN2CCCC2CO1. The van der Waals surface area contributed by atoms with Gasteiger partial charge in [0.1, 0.15) is 0 Å². The highest BCUT2D eigenvalue weighted by Crippen LogP contribution is 2.25. The first-order valence-electron chi connectivity index (χ1n) is 7.98. The number of fused-ring (bicyclic) bond motifs is 1. The van der Waals surface area contributed by atoms with Crippen molar-refractivity contribution in [2.45, 2.75) is 36.8 Å². The lowest BCUT2D eigenvalue weighted by Crippen LogP contribution is -2.50. The molecular weight excluding hydrogens is 334 g/mol. The summed E-state index contributed by atoms with van der Waals surface area (Å²) in [5.74, 6) is 0. The number of nitro benzene ring substituents is 1. The topological polar surface area (TPSA) is 102 Å². The Bertz CT molecular complexity index is 737. The number of benzene rings is 1. The molecule has 2 unspecified atom stereocenters. The van der Waals surface area contributed by atoms with Gasteiger partial charge in [-0.05, 0) is 32.4 Å². The molecule has 0 bridgehead atoms. The minimum Gasteiger partial charge on any atom is -0.374 e. The van der Waals surface area contributed by atoms with Crippen LogP contribution in [0.4, 0.5) is 5.69 Å². The third-order valence-corrected chi connectivity index (χ3v) is 6.27. The van der Waals surface area contributed by atoms with Gasteiger partial charge in [-0.2, -0.15) is 0 Å². The van der Waals surface area contributed by atoms with Crippen LogP contribution in [0.15, 0.2) is 23.1 Å². The maximum Gasteiger partial charge on any atom is 0.273 e. The van der Waals surface area contributed by atoms with E-state index in [2.05, 4.69) is 9.62 Å². The molecule has 3 rings (SSSR count). The Morgan fingerprint density at radius 2 is 2.25 bits per heavy atom. The van der Waals surface area contributed by atoms with Crippen molar-refractivity contribution in [2.75, 3.05) is 26.2 Å². The van der Waals surface area contributed by atoms with Crippen molar-refractivity contribution in [2.24, 2.45) is 0 Å². The van der Waals surface area contributed by atoms with E-state index in [9.17, 15) is 18.5 Å². The summed E-state index contributed by atoms with van der Waals surface area (Å²) in [4.78, 5) is 12.7. The molecule has 2 heterocycles. The molecule has 0 aliphatic carbocycles. The van der Waals surface area contributed by atoms with Gasteiger partial charge < -0.3 is 4.74 Å². The first-order valence-corrected chi connectivity index (χ1v) is 9.46. The van der Waals surface area contributed by atoms with Crippen molar-refractivity contribution >= 4 is 15.7 Å². The van der Waals surface area contributed by atoms with Crippen molar-refractivity contribution < 1.29 is 18.1 Å². The molecule has 9 heteroatoms. The maximum atomic E-state index is 12.5. The van der Waals surface area contributed by atoms with Crippen LogP contribution >= 0.6 is 0 Å². The van der Waals surface area contributed by atoms with Gasteiger partial charge in [0, 0.05) is 30.8 Å². The van der Waals surface area contributed by atoms with Crippen molar-refractivity contribution in [3.63, 3.8) is 0 Å². The summed E-state index contributed by atoms with van der Waals surface area (Å²) < 4.78 is 33.3. The van der Waals surface area contributed by atoms with Crippen LogP contribution in [0.1, 0.15) is 18.4 Å². The molecule has 0 spiro atoms. The third-order valence-electron chi connectivity index (χ3n) is 4.70. The number of hydrogen-bond acceptors (Lipinski definition) is 6. The predicted octanol–water partition coefficient (Wildman–Crippen LogP) is 1.04. The smallest absolute Gasteiger partial charge is 0.273 e. The molecule has 0 saturated carbocycles. The number of nitrogens with one attached hydrogen (secondary N) is 1. The van der Waals surface area contributed by atoms with Crippen LogP contribution in [0.25, 0.3) is 0 Å². The summed E-state index contributed by atoms with van der Waals surface area (Å²) >= 11 is 0. The second-order valence-electron chi connectivity index (χ2n) is 6.26. The first-order chi connectivity index (χ1) is 11.4. The van der Waals surface area contributed by atoms with Gasteiger partial charge in [0.25, 0.3) is 5.69 Å². The molecule has 2 atom stereocenters. The number of nitrogens with zero attached hydrogens (tertiary/aromatic N) is 2. The van der Waals surface area contributed by atoms with Gasteiger partial charge in [0.15, 0.2) is 0 Å². The monoisotopic (exact) mass is 355 g/mol. The summed E-state index contributed by atoms with van der Waals surface area (Å²) in [6, 6.07) is 4.51. The Hall–Kier alpha value is -1.55. The van der Waals surface area contributed by atoms with Gasteiger partial charge in [-0.3, -0.25) is 15.0 Å². The molecule has 2 aliphatic rings. The van der Waals surface area contributed by atoms with Crippen LogP contribution in [0.3, 0.4) is 0 Å². The van der Waals surface area contributed by atoms with Gasteiger partial charge >= 0.3 is 0 Å². The molecule has 1 N–H and O–H groups in total. The lowest BCUT2D eigenvalue weighted by Gasteiger charge is -2.35. The number of ether oxygens (including phenoxy) is 1. The second kappa shape index (κ2) is 6.75. The van der Waals surface area contributed by atoms with Crippen LogP contribution in [0, 0.1) is 17.0 Å². The molecule has 2 aliphatic heterocycles. The molecular formula is C15H21N3O5S. The van der Waals surface area contributed by atoms with E-state index < -0.39 is 14.9 Å². The fraction of sp³-hybridized carbons (Fsp3) is 0.600. The minimum absolute atomic E-state index is 0.0634. The number of sulfonamides is 1. The molecule has 2 saturated heterocycles. The molecule has 0 radical (unpaired) electrons. The molecule has 0 aromatic heterocycles. The average molecular weight is 355 g/mol. The Kier molecular flexibility index (Phi) is 4.86. The normalized spacial score (nSPS) is 24.7. The van der Waals surface area contributed by atoms with E-state index >= 15 is 0 Å². The van der Waals surface area contributed by atoms with Gasteiger partial charge in [0.05, 0.1) is 22.5 Å². The molecule has 8 nitrogen and oxygen atoms in total. The summed E-state index contributed by atoms with van der Waals surface area (Å²) in [6.07, 6.45) is 2.08. The number of rotatable bonds is 5. The Morgan fingerprint density at radius 1 is 1.46 bits per heavy atom.